The van der Waals surface area contributed by atoms with Gasteiger partial charge in [-0.25, -0.2) is 14.4 Å². The normalized spacial score (nSPS) is 12.1. The van der Waals surface area contributed by atoms with Gasteiger partial charge in [-0.1, -0.05) is 27.7 Å². The van der Waals surface area contributed by atoms with Crippen molar-refractivity contribution in [1.82, 2.24) is 9.97 Å². The predicted molar refractivity (Wildman–Crippen MR) is 130 cm³/mol. The summed E-state index contributed by atoms with van der Waals surface area (Å²) in [6.45, 7) is 9.51. The van der Waals surface area contributed by atoms with Crippen LogP contribution in [0.25, 0.3) is 0 Å². The molecule has 0 saturated heterocycles. The summed E-state index contributed by atoms with van der Waals surface area (Å²) in [6.07, 6.45) is 4.29. The van der Waals surface area contributed by atoms with Crippen molar-refractivity contribution in [2.45, 2.75) is 46.5 Å². The highest BCUT2D eigenvalue weighted by atomic mass is 19.1. The van der Waals surface area contributed by atoms with E-state index in [1.54, 1.807) is 18.5 Å². The monoisotopic (exact) mass is 474 g/mol. The minimum absolute atomic E-state index is 0.0249. The highest BCUT2D eigenvalue weighted by molar-refractivity contribution is 5.96. The van der Waals surface area contributed by atoms with Gasteiger partial charge in [0.1, 0.15) is 12.1 Å². The van der Waals surface area contributed by atoms with Crippen molar-refractivity contribution in [3.05, 3.63) is 47.8 Å². The molecule has 1 aromatic heterocycles. The van der Waals surface area contributed by atoms with Gasteiger partial charge >= 0.3 is 5.97 Å². The van der Waals surface area contributed by atoms with Crippen molar-refractivity contribution in [2.24, 2.45) is 11.8 Å². The maximum atomic E-state index is 15.7. The maximum absolute atomic E-state index is 15.7. The first kappa shape index (κ1) is 27.2. The van der Waals surface area contributed by atoms with E-state index in [0.717, 1.165) is 0 Å². The van der Waals surface area contributed by atoms with E-state index in [2.05, 4.69) is 43.0 Å². The molecule has 0 aliphatic rings. The molecule has 0 radical (unpaired) electrons. The second-order valence-corrected chi connectivity index (χ2v) is 9.31. The lowest BCUT2D eigenvalue weighted by atomic mass is 9.94. The third-order valence-electron chi connectivity index (χ3n) is 5.09. The molecule has 0 aliphatic heterocycles. The van der Waals surface area contributed by atoms with Crippen molar-refractivity contribution in [3.63, 3.8) is 0 Å². The first-order valence-electron chi connectivity index (χ1n) is 11.4. The number of carbonyl (C=O) groups is 2. The maximum Gasteiger partial charge on any atom is 0.304 e. The number of ether oxygens (including phenoxy) is 1. The Morgan fingerprint density at radius 2 is 1.74 bits per heavy atom. The predicted octanol–water partition coefficient (Wildman–Crippen LogP) is 4.12. The molecule has 2 rings (SSSR count). The minimum atomic E-state index is -1.01. The smallest absolute Gasteiger partial charge is 0.304 e. The Balaban J connectivity index is 2.53. The number of amides is 1. The molecular weight excluding hydrogens is 439 g/mol. The summed E-state index contributed by atoms with van der Waals surface area (Å²) in [4.78, 5) is 34.1. The van der Waals surface area contributed by atoms with Crippen molar-refractivity contribution in [3.8, 4) is 0 Å². The van der Waals surface area contributed by atoms with Gasteiger partial charge in [-0.05, 0) is 35.1 Å². The van der Waals surface area contributed by atoms with E-state index < -0.39 is 17.7 Å². The average Bonchev–Trinajstić information content (AvgIpc) is 2.72. The number of aromatic nitrogens is 2. The van der Waals surface area contributed by atoms with Crippen molar-refractivity contribution < 1.29 is 23.8 Å². The van der Waals surface area contributed by atoms with Gasteiger partial charge < -0.3 is 20.1 Å². The molecular formula is C25H35FN4O4. The quantitative estimate of drug-likeness (QED) is 0.450. The number of nitrogens with zero attached hydrogens (tertiary/aromatic N) is 3. The van der Waals surface area contributed by atoms with Crippen LogP contribution in [0.3, 0.4) is 0 Å². The number of carbonyl (C=O) groups excluding carboxylic acids is 1. The number of methoxy groups -OCH3 is 1. The highest BCUT2D eigenvalue weighted by Gasteiger charge is 2.24. The number of aliphatic carboxylic acids is 1. The summed E-state index contributed by atoms with van der Waals surface area (Å²) in [6, 6.07) is 3.02. The third kappa shape index (κ3) is 8.37. The van der Waals surface area contributed by atoms with Gasteiger partial charge in [0.2, 0.25) is 5.91 Å². The first-order valence-corrected chi connectivity index (χ1v) is 11.4. The summed E-state index contributed by atoms with van der Waals surface area (Å²) < 4.78 is 20.9. The van der Waals surface area contributed by atoms with E-state index in [0.29, 0.717) is 35.6 Å². The Morgan fingerprint density at radius 1 is 1.12 bits per heavy atom. The molecule has 2 aromatic rings. The zero-order valence-corrected chi connectivity index (χ0v) is 20.5. The van der Waals surface area contributed by atoms with E-state index in [1.807, 2.05) is 4.90 Å². The Bertz CT molecular complexity index is 943. The number of nitrogens with one attached hydrogen (secondary N) is 1. The number of benzene rings is 1. The molecule has 186 valence electrons. The van der Waals surface area contributed by atoms with Crippen LogP contribution >= 0.6 is 0 Å². The second-order valence-electron chi connectivity index (χ2n) is 9.31. The molecule has 2 N–H and O–H groups in total. The van der Waals surface area contributed by atoms with Gasteiger partial charge in [0.05, 0.1) is 30.8 Å². The Hall–Kier alpha value is -3.07. The fourth-order valence-corrected chi connectivity index (χ4v) is 3.90. The van der Waals surface area contributed by atoms with Gasteiger partial charge in [0, 0.05) is 38.5 Å². The molecule has 1 unspecified atom stereocenters. The number of hydrogen-bond acceptors (Lipinski definition) is 6. The van der Waals surface area contributed by atoms with E-state index in [-0.39, 0.29) is 37.2 Å². The second kappa shape index (κ2) is 13.0. The molecule has 1 aromatic carbocycles. The molecule has 1 atom stereocenters. The van der Waals surface area contributed by atoms with Crippen molar-refractivity contribution in [1.29, 1.82) is 0 Å². The summed E-state index contributed by atoms with van der Waals surface area (Å²) in [5.41, 5.74) is 1.69. The third-order valence-corrected chi connectivity index (χ3v) is 5.09. The average molecular weight is 475 g/mol. The molecule has 0 bridgehead atoms. The number of halogens is 1. The van der Waals surface area contributed by atoms with Crippen LogP contribution in [0.5, 0.6) is 0 Å². The fourth-order valence-electron chi connectivity index (χ4n) is 3.90. The number of carboxylic acid groups (broad SMARTS) is 1. The first-order chi connectivity index (χ1) is 16.1. The Morgan fingerprint density at radius 3 is 2.26 bits per heavy atom. The minimum Gasteiger partial charge on any atom is -0.481 e. The Kier molecular flexibility index (Phi) is 10.4. The van der Waals surface area contributed by atoms with Crippen LogP contribution in [-0.2, 0) is 20.7 Å². The van der Waals surface area contributed by atoms with Gasteiger partial charge in [-0.3, -0.25) is 9.59 Å². The molecule has 0 spiro atoms. The summed E-state index contributed by atoms with van der Waals surface area (Å²) in [7, 11) is 1.47. The molecule has 9 heteroatoms. The largest absolute Gasteiger partial charge is 0.481 e. The highest BCUT2D eigenvalue weighted by Crippen LogP contribution is 2.35. The van der Waals surface area contributed by atoms with Crippen LogP contribution in [0.15, 0.2) is 30.9 Å². The zero-order chi connectivity index (χ0) is 25.3. The van der Waals surface area contributed by atoms with Crippen molar-refractivity contribution in [2.75, 3.05) is 37.0 Å². The number of rotatable bonds is 13. The summed E-state index contributed by atoms with van der Waals surface area (Å²) in [5.74, 6) is -1.91. The molecule has 0 saturated carbocycles. The lowest BCUT2D eigenvalue weighted by Gasteiger charge is -2.31. The van der Waals surface area contributed by atoms with Gasteiger partial charge in [-0.2, -0.15) is 0 Å². The van der Waals surface area contributed by atoms with E-state index in [4.69, 9.17) is 4.74 Å². The van der Waals surface area contributed by atoms with Crippen LogP contribution in [0.4, 0.5) is 15.8 Å². The SMILES string of the molecule is COCC(CC(=O)O)c1cc(F)c(N(CC(C)C)CC(C)C)c(NC(=O)Cc2cncnc2)c1. The van der Waals surface area contributed by atoms with E-state index >= 15 is 4.39 Å². The number of carboxylic acids is 1. The standard InChI is InChI=1S/C25H35FN4O4/c1-16(2)12-30(13-17(3)4)25-21(26)7-19(20(14-34-5)9-24(32)33)8-22(25)29-23(31)6-18-10-27-15-28-11-18/h7-8,10-11,15-17,20H,6,9,12-14H2,1-5H3,(H,29,31)(H,32,33). The number of hydrogen-bond donors (Lipinski definition) is 2. The molecule has 1 amide bonds. The van der Waals surface area contributed by atoms with Crippen LogP contribution in [0, 0.1) is 17.7 Å². The van der Waals surface area contributed by atoms with Gasteiger partial charge in [-0.15, -0.1) is 0 Å². The molecule has 8 nitrogen and oxygen atoms in total. The zero-order valence-electron chi connectivity index (χ0n) is 20.5. The lowest BCUT2D eigenvalue weighted by Crippen LogP contribution is -2.33. The van der Waals surface area contributed by atoms with Gasteiger partial charge in [0.25, 0.3) is 0 Å². The summed E-state index contributed by atoms with van der Waals surface area (Å²) >= 11 is 0. The fraction of sp³-hybridized carbons (Fsp3) is 0.520. The Labute approximate surface area is 200 Å². The summed E-state index contributed by atoms with van der Waals surface area (Å²) in [5, 5.41) is 12.2. The van der Waals surface area contributed by atoms with Gasteiger partial charge in [0.15, 0.2) is 0 Å². The molecule has 34 heavy (non-hydrogen) atoms. The molecule has 1 heterocycles. The molecule has 0 aliphatic carbocycles. The van der Waals surface area contributed by atoms with Crippen molar-refractivity contribution >= 4 is 23.3 Å². The van der Waals surface area contributed by atoms with Crippen LogP contribution in [0.1, 0.15) is 51.2 Å². The van der Waals surface area contributed by atoms with E-state index in [1.165, 1.54) is 19.5 Å². The van der Waals surface area contributed by atoms with Crippen LogP contribution in [-0.4, -0.2) is 53.8 Å². The van der Waals surface area contributed by atoms with E-state index in [9.17, 15) is 14.7 Å². The van der Waals surface area contributed by atoms with Crippen LogP contribution in [0.2, 0.25) is 0 Å². The van der Waals surface area contributed by atoms with Crippen LogP contribution < -0.4 is 10.2 Å². The number of anilines is 2. The molecule has 0 fully saturated rings. The topological polar surface area (TPSA) is 105 Å². The lowest BCUT2D eigenvalue weighted by molar-refractivity contribution is -0.137.